The number of amides is 1. The van der Waals surface area contributed by atoms with Crippen LogP contribution in [0.5, 0.6) is 0 Å². The van der Waals surface area contributed by atoms with Crippen LogP contribution in [0.1, 0.15) is 40.3 Å². The van der Waals surface area contributed by atoms with Crippen molar-refractivity contribution < 1.29 is 14.3 Å². The van der Waals surface area contributed by atoms with Gasteiger partial charge in [-0.05, 0) is 25.0 Å². The Morgan fingerprint density at radius 2 is 1.86 bits per heavy atom. The molecule has 0 saturated carbocycles. The van der Waals surface area contributed by atoms with Gasteiger partial charge in [0.05, 0.1) is 13.2 Å². The van der Waals surface area contributed by atoms with E-state index < -0.39 is 5.79 Å². The van der Waals surface area contributed by atoms with E-state index in [0.29, 0.717) is 31.3 Å². The Bertz CT molecular complexity index is 854. The molecule has 0 bridgehead atoms. The molecule has 2 aromatic rings. The standard InChI is InChI=1S/C21H26N4O3/c1-15-5-3-4-6-17(15)14-22-20(26)18-13-19(24-16(2)23-18)25-9-7-21(8-10-25)27-11-12-28-21/h3-6,13H,7-12,14H2,1-2H3,(H,22,26). The van der Waals surface area contributed by atoms with Gasteiger partial charge in [0, 0.05) is 38.5 Å². The minimum absolute atomic E-state index is 0.189. The summed E-state index contributed by atoms with van der Waals surface area (Å²) in [6.45, 7) is 7.22. The maximum Gasteiger partial charge on any atom is 0.270 e. The molecule has 1 aromatic heterocycles. The summed E-state index contributed by atoms with van der Waals surface area (Å²) in [6.07, 6.45) is 1.59. The monoisotopic (exact) mass is 382 g/mol. The van der Waals surface area contributed by atoms with Crippen molar-refractivity contribution in [3.8, 4) is 0 Å². The number of rotatable bonds is 4. The van der Waals surface area contributed by atoms with E-state index in [0.717, 1.165) is 42.9 Å². The number of ether oxygens (including phenoxy) is 2. The summed E-state index contributed by atoms with van der Waals surface area (Å²) < 4.78 is 11.6. The Kier molecular flexibility index (Phi) is 5.28. The molecule has 148 valence electrons. The quantitative estimate of drug-likeness (QED) is 0.875. The summed E-state index contributed by atoms with van der Waals surface area (Å²) in [5.41, 5.74) is 2.64. The zero-order valence-corrected chi connectivity index (χ0v) is 16.4. The number of piperidine rings is 1. The molecule has 1 spiro atoms. The van der Waals surface area contributed by atoms with Crippen molar-refractivity contribution in [3.63, 3.8) is 0 Å². The molecule has 7 nitrogen and oxygen atoms in total. The topological polar surface area (TPSA) is 76.6 Å². The number of nitrogens with zero attached hydrogens (tertiary/aromatic N) is 3. The number of carbonyl (C=O) groups excluding carboxylic acids is 1. The van der Waals surface area contributed by atoms with Gasteiger partial charge in [0.25, 0.3) is 5.91 Å². The first-order chi connectivity index (χ1) is 13.5. The van der Waals surface area contributed by atoms with Crippen LogP contribution in [0.15, 0.2) is 30.3 Å². The number of nitrogens with one attached hydrogen (secondary N) is 1. The number of hydrogen-bond donors (Lipinski definition) is 1. The van der Waals surface area contributed by atoms with E-state index in [1.165, 1.54) is 0 Å². The third kappa shape index (κ3) is 4.00. The fourth-order valence-electron chi connectivity index (χ4n) is 3.77. The predicted molar refractivity (Wildman–Crippen MR) is 105 cm³/mol. The third-order valence-corrected chi connectivity index (χ3v) is 5.42. The van der Waals surface area contributed by atoms with Crippen molar-refractivity contribution >= 4 is 11.7 Å². The number of benzene rings is 1. The number of aryl methyl sites for hydroxylation is 2. The second-order valence-corrected chi connectivity index (χ2v) is 7.36. The van der Waals surface area contributed by atoms with Crippen molar-refractivity contribution in [3.05, 3.63) is 53.0 Å². The molecule has 28 heavy (non-hydrogen) atoms. The van der Waals surface area contributed by atoms with Crippen LogP contribution >= 0.6 is 0 Å². The van der Waals surface area contributed by atoms with Crippen LogP contribution < -0.4 is 10.2 Å². The summed E-state index contributed by atoms with van der Waals surface area (Å²) in [6, 6.07) is 9.79. The lowest BCUT2D eigenvalue weighted by atomic mass is 10.0. The van der Waals surface area contributed by atoms with Crippen LogP contribution in [0, 0.1) is 13.8 Å². The summed E-state index contributed by atoms with van der Waals surface area (Å²) in [4.78, 5) is 23.7. The van der Waals surface area contributed by atoms with Crippen molar-refractivity contribution in [2.24, 2.45) is 0 Å². The van der Waals surface area contributed by atoms with Crippen molar-refractivity contribution in [1.82, 2.24) is 15.3 Å². The number of hydrogen-bond acceptors (Lipinski definition) is 6. The summed E-state index contributed by atoms with van der Waals surface area (Å²) in [7, 11) is 0. The fourth-order valence-corrected chi connectivity index (χ4v) is 3.77. The molecule has 0 atom stereocenters. The molecule has 4 rings (SSSR count). The van der Waals surface area contributed by atoms with E-state index >= 15 is 0 Å². The molecule has 2 fully saturated rings. The third-order valence-electron chi connectivity index (χ3n) is 5.42. The van der Waals surface area contributed by atoms with Crippen molar-refractivity contribution in [2.75, 3.05) is 31.2 Å². The summed E-state index contributed by atoms with van der Waals surface area (Å²) in [5, 5.41) is 2.97. The molecule has 3 heterocycles. The lowest BCUT2D eigenvalue weighted by molar-refractivity contribution is -0.169. The predicted octanol–water partition coefficient (Wildman–Crippen LogP) is 2.37. The summed E-state index contributed by atoms with van der Waals surface area (Å²) in [5.74, 6) is 0.756. The van der Waals surface area contributed by atoms with Gasteiger partial charge < -0.3 is 19.7 Å². The van der Waals surface area contributed by atoms with Gasteiger partial charge in [-0.1, -0.05) is 24.3 Å². The average Bonchev–Trinajstić information content (AvgIpc) is 3.15. The van der Waals surface area contributed by atoms with E-state index in [-0.39, 0.29) is 5.91 Å². The van der Waals surface area contributed by atoms with Gasteiger partial charge in [-0.25, -0.2) is 9.97 Å². The molecule has 2 aliphatic heterocycles. The number of aromatic nitrogens is 2. The fraction of sp³-hybridized carbons (Fsp3) is 0.476. The van der Waals surface area contributed by atoms with Crippen molar-refractivity contribution in [1.29, 1.82) is 0 Å². The largest absolute Gasteiger partial charge is 0.356 e. The maximum absolute atomic E-state index is 12.7. The van der Waals surface area contributed by atoms with E-state index in [4.69, 9.17) is 9.47 Å². The Morgan fingerprint density at radius 3 is 2.57 bits per heavy atom. The van der Waals surface area contributed by atoms with E-state index in [1.807, 2.05) is 38.1 Å². The van der Waals surface area contributed by atoms with Crippen LogP contribution in [0.25, 0.3) is 0 Å². The highest BCUT2D eigenvalue weighted by Crippen LogP contribution is 2.32. The molecule has 0 unspecified atom stereocenters. The molecule has 2 saturated heterocycles. The lowest BCUT2D eigenvalue weighted by Gasteiger charge is -2.38. The minimum atomic E-state index is -0.424. The molecule has 2 aliphatic rings. The van der Waals surface area contributed by atoms with Gasteiger partial charge in [0.15, 0.2) is 5.79 Å². The van der Waals surface area contributed by atoms with Crippen LogP contribution in [0.2, 0.25) is 0 Å². The molecule has 1 aromatic carbocycles. The number of anilines is 1. The van der Waals surface area contributed by atoms with Gasteiger partial charge >= 0.3 is 0 Å². The Labute approximate surface area is 165 Å². The van der Waals surface area contributed by atoms with Crippen LogP contribution in [0.4, 0.5) is 5.82 Å². The average molecular weight is 382 g/mol. The van der Waals surface area contributed by atoms with E-state index in [2.05, 4.69) is 20.2 Å². The van der Waals surface area contributed by atoms with E-state index in [9.17, 15) is 4.79 Å². The first-order valence-corrected chi connectivity index (χ1v) is 9.76. The highest BCUT2D eigenvalue weighted by atomic mass is 16.7. The molecule has 7 heteroatoms. The van der Waals surface area contributed by atoms with Crippen LogP contribution in [0.3, 0.4) is 0 Å². The molecular weight excluding hydrogens is 356 g/mol. The SMILES string of the molecule is Cc1nc(C(=O)NCc2ccccc2C)cc(N2CCC3(CC2)OCCO3)n1. The van der Waals surface area contributed by atoms with Gasteiger partial charge in [0.2, 0.25) is 0 Å². The Balaban J connectivity index is 1.43. The highest BCUT2D eigenvalue weighted by molar-refractivity contribution is 5.92. The minimum Gasteiger partial charge on any atom is -0.356 e. The normalized spacial score (nSPS) is 18.4. The smallest absolute Gasteiger partial charge is 0.270 e. The lowest BCUT2D eigenvalue weighted by Crippen LogP contribution is -2.45. The van der Waals surface area contributed by atoms with Crippen LogP contribution in [-0.2, 0) is 16.0 Å². The van der Waals surface area contributed by atoms with Gasteiger partial charge in [-0.15, -0.1) is 0 Å². The first kappa shape index (κ1) is 18.8. The van der Waals surface area contributed by atoms with Crippen molar-refractivity contribution in [2.45, 2.75) is 39.0 Å². The van der Waals surface area contributed by atoms with Gasteiger partial charge in [0.1, 0.15) is 17.3 Å². The Morgan fingerprint density at radius 1 is 1.14 bits per heavy atom. The van der Waals surface area contributed by atoms with E-state index in [1.54, 1.807) is 6.07 Å². The second kappa shape index (κ2) is 7.85. The van der Waals surface area contributed by atoms with Gasteiger partial charge in [-0.2, -0.15) is 0 Å². The highest BCUT2D eigenvalue weighted by Gasteiger charge is 2.40. The first-order valence-electron chi connectivity index (χ1n) is 9.76. The van der Waals surface area contributed by atoms with Gasteiger partial charge in [-0.3, -0.25) is 4.79 Å². The van der Waals surface area contributed by atoms with Crippen LogP contribution in [-0.4, -0.2) is 48.0 Å². The Hall–Kier alpha value is -2.51. The molecule has 0 aliphatic carbocycles. The second-order valence-electron chi connectivity index (χ2n) is 7.36. The maximum atomic E-state index is 12.7. The molecule has 0 radical (unpaired) electrons. The zero-order valence-electron chi connectivity index (χ0n) is 16.4. The molecule has 1 N–H and O–H groups in total. The number of carbonyl (C=O) groups is 1. The molecule has 1 amide bonds. The molecular formula is C21H26N4O3. The summed E-state index contributed by atoms with van der Waals surface area (Å²) >= 11 is 0. The zero-order chi connectivity index (χ0) is 19.6.